The fraction of sp³-hybridized carbons (Fsp3) is 0.909. The van der Waals surface area contributed by atoms with E-state index in [-0.39, 0.29) is 31.3 Å². The molecule has 0 atom stereocenters. The minimum absolute atomic E-state index is 0.0223. The van der Waals surface area contributed by atoms with Crippen LogP contribution in [-0.2, 0) is 9.53 Å². The Balaban J connectivity index is 1.72. The lowest BCUT2D eigenvalue weighted by molar-refractivity contribution is -0.166. The van der Waals surface area contributed by atoms with Gasteiger partial charge in [-0.15, -0.1) is 0 Å². The van der Waals surface area contributed by atoms with Gasteiger partial charge in [-0.3, -0.25) is 10.1 Å². The van der Waals surface area contributed by atoms with Crippen molar-refractivity contribution in [3.05, 3.63) is 0 Å². The number of halogens is 3. The van der Waals surface area contributed by atoms with E-state index in [4.69, 9.17) is 4.74 Å². The smallest absolute Gasteiger partial charge is 0.381 e. The van der Waals surface area contributed by atoms with Crippen molar-refractivity contribution in [3.63, 3.8) is 0 Å². The third-order valence-corrected chi connectivity index (χ3v) is 3.47. The van der Waals surface area contributed by atoms with E-state index < -0.39 is 11.7 Å². The Bertz CT molecular complexity index is 310. The van der Waals surface area contributed by atoms with Gasteiger partial charge in [-0.05, 0) is 25.7 Å². The molecule has 0 aromatic carbocycles. The summed E-state index contributed by atoms with van der Waals surface area (Å²) in [6.07, 6.45) is -2.72. The molecule has 2 rings (SSSR count). The van der Waals surface area contributed by atoms with Crippen molar-refractivity contribution in [1.82, 2.24) is 10.6 Å². The molecule has 1 saturated heterocycles. The van der Waals surface area contributed by atoms with Crippen molar-refractivity contribution in [1.29, 1.82) is 0 Å². The molecule has 7 heteroatoms. The molecular weight excluding hydrogens is 249 g/mol. The quantitative estimate of drug-likeness (QED) is 0.797. The molecule has 1 aliphatic heterocycles. The molecular formula is C11H17F3N2O2. The lowest BCUT2D eigenvalue weighted by Crippen LogP contribution is -2.50. The molecule has 2 fully saturated rings. The second-order valence-electron chi connectivity index (χ2n) is 4.89. The standard InChI is InChI=1S/C11H17F3N2O2/c12-11(13,14)10(3-4-10)15-7-9(17)16-8-1-5-18-6-2-8/h8,15H,1-7H2,(H,16,17). The summed E-state index contributed by atoms with van der Waals surface area (Å²) in [6.45, 7) is 0.895. The summed E-state index contributed by atoms with van der Waals surface area (Å²) >= 11 is 0. The molecule has 0 spiro atoms. The molecule has 4 nitrogen and oxygen atoms in total. The minimum atomic E-state index is -4.27. The van der Waals surface area contributed by atoms with Gasteiger partial charge in [0.25, 0.3) is 0 Å². The third-order valence-electron chi connectivity index (χ3n) is 3.47. The van der Waals surface area contributed by atoms with Crippen molar-refractivity contribution in [2.75, 3.05) is 19.8 Å². The van der Waals surface area contributed by atoms with E-state index in [0.717, 1.165) is 12.8 Å². The molecule has 2 aliphatic rings. The van der Waals surface area contributed by atoms with Crippen LogP contribution in [0.2, 0.25) is 0 Å². The average Bonchev–Trinajstić information content (AvgIpc) is 3.08. The van der Waals surface area contributed by atoms with Gasteiger partial charge >= 0.3 is 6.18 Å². The van der Waals surface area contributed by atoms with E-state index in [0.29, 0.717) is 13.2 Å². The summed E-state index contributed by atoms with van der Waals surface area (Å²) in [5.74, 6) is -0.377. The fourth-order valence-electron chi connectivity index (χ4n) is 2.06. The van der Waals surface area contributed by atoms with Gasteiger partial charge in [0, 0.05) is 19.3 Å². The molecule has 0 aromatic rings. The molecule has 0 aromatic heterocycles. The van der Waals surface area contributed by atoms with Gasteiger partial charge in [-0.1, -0.05) is 0 Å². The monoisotopic (exact) mass is 266 g/mol. The Labute approximate surface area is 103 Å². The summed E-state index contributed by atoms with van der Waals surface area (Å²) in [5, 5.41) is 5.05. The van der Waals surface area contributed by atoms with Crippen LogP contribution in [0.4, 0.5) is 13.2 Å². The normalized spacial score (nSPS) is 23.7. The van der Waals surface area contributed by atoms with Crippen LogP contribution in [0.15, 0.2) is 0 Å². The summed E-state index contributed by atoms with van der Waals surface area (Å²) in [5.41, 5.74) is -1.82. The van der Waals surface area contributed by atoms with E-state index in [1.165, 1.54) is 0 Å². The van der Waals surface area contributed by atoms with Gasteiger partial charge in [0.1, 0.15) is 5.54 Å². The fourth-order valence-corrected chi connectivity index (χ4v) is 2.06. The predicted octanol–water partition coefficient (Wildman–Crippen LogP) is 0.966. The summed E-state index contributed by atoms with van der Waals surface area (Å²) in [4.78, 5) is 11.5. The van der Waals surface area contributed by atoms with Gasteiger partial charge in [-0.25, -0.2) is 0 Å². The van der Waals surface area contributed by atoms with Crippen LogP contribution in [0.5, 0.6) is 0 Å². The van der Waals surface area contributed by atoms with Crippen LogP contribution in [0.3, 0.4) is 0 Å². The highest BCUT2D eigenvalue weighted by atomic mass is 19.4. The number of carbonyl (C=O) groups excluding carboxylic acids is 1. The van der Waals surface area contributed by atoms with Crippen LogP contribution < -0.4 is 10.6 Å². The third kappa shape index (κ3) is 3.14. The lowest BCUT2D eigenvalue weighted by atomic mass is 10.1. The Kier molecular flexibility index (Phi) is 3.82. The number of hydrogen-bond acceptors (Lipinski definition) is 3. The van der Waals surface area contributed by atoms with Gasteiger partial charge in [0.2, 0.25) is 5.91 Å². The van der Waals surface area contributed by atoms with Crippen molar-refractivity contribution in [2.24, 2.45) is 0 Å². The molecule has 0 radical (unpaired) electrons. The Morgan fingerprint density at radius 2 is 1.89 bits per heavy atom. The maximum atomic E-state index is 12.6. The number of amides is 1. The minimum Gasteiger partial charge on any atom is -0.381 e. The molecule has 0 bridgehead atoms. The number of carbonyl (C=O) groups is 1. The molecule has 0 unspecified atom stereocenters. The zero-order chi connectivity index (χ0) is 13.2. The summed E-state index contributed by atoms with van der Waals surface area (Å²) in [7, 11) is 0. The van der Waals surface area contributed by atoms with E-state index in [1.807, 2.05) is 0 Å². The van der Waals surface area contributed by atoms with E-state index in [1.54, 1.807) is 0 Å². The Morgan fingerprint density at radius 3 is 2.39 bits per heavy atom. The van der Waals surface area contributed by atoms with Gasteiger partial charge in [0.15, 0.2) is 0 Å². The van der Waals surface area contributed by atoms with E-state index >= 15 is 0 Å². The van der Waals surface area contributed by atoms with Crippen molar-refractivity contribution in [3.8, 4) is 0 Å². The number of alkyl halides is 3. The SMILES string of the molecule is O=C(CNC1(C(F)(F)F)CC1)NC1CCOCC1. The first-order valence-electron chi connectivity index (χ1n) is 6.12. The highest BCUT2D eigenvalue weighted by molar-refractivity contribution is 5.78. The average molecular weight is 266 g/mol. The maximum Gasteiger partial charge on any atom is 0.406 e. The molecule has 2 N–H and O–H groups in total. The van der Waals surface area contributed by atoms with Crippen molar-refractivity contribution >= 4 is 5.91 Å². The van der Waals surface area contributed by atoms with Gasteiger partial charge in [-0.2, -0.15) is 13.2 Å². The van der Waals surface area contributed by atoms with Crippen LogP contribution in [-0.4, -0.2) is 43.4 Å². The zero-order valence-electron chi connectivity index (χ0n) is 9.98. The molecule has 1 saturated carbocycles. The number of hydrogen-bond donors (Lipinski definition) is 2. The second kappa shape index (κ2) is 5.05. The first kappa shape index (κ1) is 13.6. The van der Waals surface area contributed by atoms with E-state index in [2.05, 4.69) is 10.6 Å². The van der Waals surface area contributed by atoms with Crippen LogP contribution in [0.1, 0.15) is 25.7 Å². The van der Waals surface area contributed by atoms with Gasteiger partial charge < -0.3 is 10.1 Å². The molecule has 104 valence electrons. The summed E-state index contributed by atoms with van der Waals surface area (Å²) < 4.78 is 42.9. The van der Waals surface area contributed by atoms with Gasteiger partial charge in [0.05, 0.1) is 6.54 Å². The highest BCUT2D eigenvalue weighted by Crippen LogP contribution is 2.48. The number of nitrogens with one attached hydrogen (secondary N) is 2. The Morgan fingerprint density at radius 1 is 1.28 bits per heavy atom. The van der Waals surface area contributed by atoms with Crippen molar-refractivity contribution in [2.45, 2.75) is 43.4 Å². The molecule has 1 amide bonds. The lowest BCUT2D eigenvalue weighted by Gasteiger charge is -2.24. The highest BCUT2D eigenvalue weighted by Gasteiger charge is 2.63. The number of rotatable bonds is 4. The molecule has 1 aliphatic carbocycles. The largest absolute Gasteiger partial charge is 0.406 e. The first-order valence-corrected chi connectivity index (χ1v) is 6.12. The second-order valence-corrected chi connectivity index (χ2v) is 4.89. The molecule has 18 heavy (non-hydrogen) atoms. The zero-order valence-corrected chi connectivity index (χ0v) is 9.98. The maximum absolute atomic E-state index is 12.6. The first-order chi connectivity index (χ1) is 8.43. The van der Waals surface area contributed by atoms with E-state index in [9.17, 15) is 18.0 Å². The Hall–Kier alpha value is -0.820. The molecule has 1 heterocycles. The van der Waals surface area contributed by atoms with Crippen molar-refractivity contribution < 1.29 is 22.7 Å². The predicted molar refractivity (Wildman–Crippen MR) is 58.0 cm³/mol. The topological polar surface area (TPSA) is 50.4 Å². The van der Waals surface area contributed by atoms with Crippen LogP contribution >= 0.6 is 0 Å². The summed E-state index contributed by atoms with van der Waals surface area (Å²) in [6, 6.07) is 0.0223. The van der Waals surface area contributed by atoms with Crippen LogP contribution in [0.25, 0.3) is 0 Å². The van der Waals surface area contributed by atoms with Crippen LogP contribution in [0, 0.1) is 0 Å². The number of ether oxygens (including phenoxy) is 1.